The monoisotopic (exact) mass is 328 g/mol. The lowest BCUT2D eigenvalue weighted by Crippen LogP contribution is -2.26. The van der Waals surface area contributed by atoms with Gasteiger partial charge in [-0.3, -0.25) is 4.79 Å². The molecule has 0 aliphatic rings. The van der Waals surface area contributed by atoms with E-state index in [4.69, 9.17) is 4.74 Å². The first-order chi connectivity index (χ1) is 11.3. The first-order valence-corrected chi connectivity index (χ1v) is 8.01. The van der Waals surface area contributed by atoms with Gasteiger partial charge < -0.3 is 15.2 Å². The minimum atomic E-state index is -0.591. The number of nitrogens with zero attached hydrogens (tertiary/aromatic N) is 1. The molecule has 0 spiro atoms. The molecule has 5 heteroatoms. The zero-order valence-corrected chi connectivity index (χ0v) is 14.3. The Labute approximate surface area is 142 Å². The molecule has 24 heavy (non-hydrogen) atoms. The summed E-state index contributed by atoms with van der Waals surface area (Å²) in [6.45, 7) is 6.20. The fourth-order valence-corrected chi connectivity index (χ4v) is 2.16. The molecule has 0 bridgehead atoms. The van der Waals surface area contributed by atoms with Gasteiger partial charge in [0.2, 0.25) is 5.88 Å². The number of ether oxygens (including phenoxy) is 1. The van der Waals surface area contributed by atoms with Gasteiger partial charge in [-0.2, -0.15) is 0 Å². The van der Waals surface area contributed by atoms with Crippen molar-refractivity contribution >= 4 is 5.91 Å². The predicted octanol–water partition coefficient (Wildman–Crippen LogP) is 3.11. The fourth-order valence-electron chi connectivity index (χ4n) is 2.16. The van der Waals surface area contributed by atoms with Crippen LogP contribution >= 0.6 is 0 Å². The number of amides is 1. The molecule has 1 aromatic heterocycles. The highest BCUT2D eigenvalue weighted by Gasteiger charge is 2.14. The molecule has 1 aromatic carbocycles. The van der Waals surface area contributed by atoms with E-state index in [1.807, 2.05) is 51.1 Å². The number of pyridine rings is 1. The number of nitrogens with one attached hydrogen (secondary N) is 1. The Balaban J connectivity index is 1.82. The lowest BCUT2D eigenvalue weighted by atomic mass is 10.1. The summed E-state index contributed by atoms with van der Waals surface area (Å²) in [4.78, 5) is 16.2. The van der Waals surface area contributed by atoms with E-state index in [-0.39, 0.29) is 11.5 Å². The van der Waals surface area contributed by atoms with Crippen molar-refractivity contribution in [2.75, 3.05) is 6.54 Å². The molecule has 128 valence electrons. The van der Waals surface area contributed by atoms with Crippen molar-refractivity contribution in [3.05, 3.63) is 59.8 Å². The van der Waals surface area contributed by atoms with Crippen molar-refractivity contribution < 1.29 is 14.6 Å². The van der Waals surface area contributed by atoms with Crippen LogP contribution in [0.1, 0.15) is 49.2 Å². The summed E-state index contributed by atoms with van der Waals surface area (Å²) in [6.07, 6.45) is 1.35. The number of carbonyl (C=O) groups is 1. The summed E-state index contributed by atoms with van der Waals surface area (Å²) in [7, 11) is 0. The highest BCUT2D eigenvalue weighted by Crippen LogP contribution is 2.16. The highest BCUT2D eigenvalue weighted by atomic mass is 16.5. The number of aromatic nitrogens is 1. The van der Waals surface area contributed by atoms with E-state index in [2.05, 4.69) is 10.3 Å². The van der Waals surface area contributed by atoms with E-state index in [0.717, 1.165) is 5.56 Å². The van der Waals surface area contributed by atoms with Crippen molar-refractivity contribution in [2.45, 2.75) is 38.9 Å². The van der Waals surface area contributed by atoms with Crippen LogP contribution in [0.4, 0.5) is 0 Å². The summed E-state index contributed by atoms with van der Waals surface area (Å²) in [6, 6.07) is 12.7. The molecule has 0 fully saturated rings. The van der Waals surface area contributed by atoms with Crippen LogP contribution < -0.4 is 10.1 Å². The largest absolute Gasteiger partial charge is 0.472 e. The molecule has 0 aliphatic carbocycles. The number of benzene rings is 1. The molecule has 1 atom stereocenters. The van der Waals surface area contributed by atoms with Gasteiger partial charge in [0, 0.05) is 18.8 Å². The van der Waals surface area contributed by atoms with Gasteiger partial charge in [0.25, 0.3) is 5.91 Å². The zero-order chi connectivity index (χ0) is 17.6. The Morgan fingerprint density at radius 2 is 1.92 bits per heavy atom. The van der Waals surface area contributed by atoms with E-state index in [1.54, 1.807) is 12.1 Å². The van der Waals surface area contributed by atoms with Gasteiger partial charge in [-0.1, -0.05) is 30.3 Å². The Bertz CT molecular complexity index is 649. The number of hydrogen-bond donors (Lipinski definition) is 2. The van der Waals surface area contributed by atoms with Crippen LogP contribution in [-0.4, -0.2) is 28.1 Å². The number of aliphatic hydroxyl groups excluding tert-OH is 1. The minimum absolute atomic E-state index is 0.218. The quantitative estimate of drug-likeness (QED) is 0.855. The molecule has 0 saturated carbocycles. The average molecular weight is 328 g/mol. The van der Waals surface area contributed by atoms with Gasteiger partial charge >= 0.3 is 0 Å². The number of hydrogen-bond acceptors (Lipinski definition) is 4. The molecule has 2 N–H and O–H groups in total. The van der Waals surface area contributed by atoms with Gasteiger partial charge in [-0.15, -0.1) is 0 Å². The molecule has 2 rings (SSSR count). The Morgan fingerprint density at radius 3 is 2.50 bits per heavy atom. The van der Waals surface area contributed by atoms with Crippen LogP contribution in [0, 0.1) is 0 Å². The summed E-state index contributed by atoms with van der Waals surface area (Å²) in [5, 5.41) is 12.9. The first kappa shape index (κ1) is 17.9. The maximum Gasteiger partial charge on any atom is 0.252 e. The molecular formula is C19H24N2O3. The predicted molar refractivity (Wildman–Crippen MR) is 93.0 cm³/mol. The van der Waals surface area contributed by atoms with Gasteiger partial charge in [0.05, 0.1) is 11.7 Å². The van der Waals surface area contributed by atoms with Gasteiger partial charge in [0.15, 0.2) is 0 Å². The van der Waals surface area contributed by atoms with Gasteiger partial charge in [-0.25, -0.2) is 4.98 Å². The van der Waals surface area contributed by atoms with E-state index in [0.29, 0.717) is 24.4 Å². The van der Waals surface area contributed by atoms with Crippen molar-refractivity contribution in [2.24, 2.45) is 0 Å². The van der Waals surface area contributed by atoms with Crippen molar-refractivity contribution in [3.63, 3.8) is 0 Å². The van der Waals surface area contributed by atoms with E-state index >= 15 is 0 Å². The summed E-state index contributed by atoms with van der Waals surface area (Å²) < 4.78 is 5.62. The molecular weight excluding hydrogens is 304 g/mol. The molecule has 0 saturated heterocycles. The third-order valence-corrected chi connectivity index (χ3v) is 3.30. The second-order valence-electron chi connectivity index (χ2n) is 6.57. The van der Waals surface area contributed by atoms with Crippen LogP contribution in [0.25, 0.3) is 0 Å². The molecule has 1 heterocycles. The van der Waals surface area contributed by atoms with Crippen LogP contribution in [-0.2, 0) is 0 Å². The average Bonchev–Trinajstić information content (AvgIpc) is 2.54. The van der Waals surface area contributed by atoms with Crippen molar-refractivity contribution in [3.8, 4) is 5.88 Å². The van der Waals surface area contributed by atoms with Crippen molar-refractivity contribution in [1.29, 1.82) is 0 Å². The van der Waals surface area contributed by atoms with Crippen LogP contribution in [0.3, 0.4) is 0 Å². The zero-order valence-electron chi connectivity index (χ0n) is 14.3. The third-order valence-electron chi connectivity index (χ3n) is 3.30. The maximum atomic E-state index is 12.1. The lowest BCUT2D eigenvalue weighted by Gasteiger charge is -2.20. The standard InChI is InChI=1S/C19H24N2O3/c1-19(2,3)24-17-10-9-15(13-21-17)18(23)20-12-11-16(22)14-7-5-4-6-8-14/h4-10,13,16,22H,11-12H2,1-3H3,(H,20,23). The number of carbonyl (C=O) groups excluding carboxylic acids is 1. The topological polar surface area (TPSA) is 71.5 Å². The van der Waals surface area contributed by atoms with Crippen LogP contribution in [0.5, 0.6) is 5.88 Å². The van der Waals surface area contributed by atoms with Gasteiger partial charge in [-0.05, 0) is 38.8 Å². The lowest BCUT2D eigenvalue weighted by molar-refractivity contribution is 0.0942. The molecule has 1 unspecified atom stereocenters. The Morgan fingerprint density at radius 1 is 1.21 bits per heavy atom. The molecule has 0 aliphatic heterocycles. The summed E-state index contributed by atoms with van der Waals surface area (Å²) in [5.74, 6) is 0.267. The Kier molecular flexibility index (Phi) is 5.93. The number of aliphatic hydroxyl groups is 1. The van der Waals surface area contributed by atoms with Crippen LogP contribution in [0.2, 0.25) is 0 Å². The van der Waals surface area contributed by atoms with Crippen molar-refractivity contribution in [1.82, 2.24) is 10.3 Å². The van der Waals surface area contributed by atoms with E-state index in [9.17, 15) is 9.90 Å². The molecule has 2 aromatic rings. The third kappa shape index (κ3) is 5.66. The fraction of sp³-hybridized carbons (Fsp3) is 0.368. The Hall–Kier alpha value is -2.40. The maximum absolute atomic E-state index is 12.1. The normalized spacial score (nSPS) is 12.5. The molecule has 1 amide bonds. The van der Waals surface area contributed by atoms with Crippen LogP contribution in [0.15, 0.2) is 48.7 Å². The minimum Gasteiger partial charge on any atom is -0.472 e. The second kappa shape index (κ2) is 7.93. The molecule has 5 nitrogen and oxygen atoms in total. The first-order valence-electron chi connectivity index (χ1n) is 8.01. The second-order valence-corrected chi connectivity index (χ2v) is 6.57. The van der Waals surface area contributed by atoms with E-state index in [1.165, 1.54) is 6.20 Å². The molecule has 0 radical (unpaired) electrons. The van der Waals surface area contributed by atoms with E-state index < -0.39 is 6.10 Å². The SMILES string of the molecule is CC(C)(C)Oc1ccc(C(=O)NCCC(O)c2ccccc2)cn1. The smallest absolute Gasteiger partial charge is 0.252 e. The highest BCUT2D eigenvalue weighted by molar-refractivity contribution is 5.93. The van der Waals surface area contributed by atoms with Gasteiger partial charge in [0.1, 0.15) is 5.60 Å². The number of rotatable bonds is 6. The summed E-state index contributed by atoms with van der Waals surface area (Å²) >= 11 is 0. The summed E-state index contributed by atoms with van der Waals surface area (Å²) in [5.41, 5.74) is 0.979.